The second kappa shape index (κ2) is 6.86. The molecule has 0 aromatic rings. The van der Waals surface area contributed by atoms with Gasteiger partial charge in [-0.1, -0.05) is 33.1 Å². The van der Waals surface area contributed by atoms with Crippen molar-refractivity contribution in [2.45, 2.75) is 72.3 Å². The van der Waals surface area contributed by atoms with E-state index in [0.29, 0.717) is 0 Å². The van der Waals surface area contributed by atoms with Crippen LogP contribution in [-0.4, -0.2) is 11.4 Å². The molecule has 0 fully saturated rings. The average molecular weight is 212 g/mol. The highest BCUT2D eigenvalue weighted by molar-refractivity contribution is 5.90. The number of unbranched alkanes of at least 4 members (excludes halogenated alkanes) is 1. The highest BCUT2D eigenvalue weighted by Gasteiger charge is 2.22. The summed E-state index contributed by atoms with van der Waals surface area (Å²) >= 11 is 0. The van der Waals surface area contributed by atoms with Crippen molar-refractivity contribution in [3.63, 3.8) is 0 Å². The van der Waals surface area contributed by atoms with E-state index in [-0.39, 0.29) is 11.4 Å². The van der Waals surface area contributed by atoms with Crippen LogP contribution in [-0.2, 0) is 4.79 Å². The number of amides is 1. The summed E-state index contributed by atoms with van der Waals surface area (Å²) in [5.41, 5.74) is -0.123. The number of carbonyl (C=O) groups excluding carboxylic acids is 1. The van der Waals surface area contributed by atoms with Crippen LogP contribution in [0.4, 0.5) is 0 Å². The Balaban J connectivity index is 4.15. The molecule has 0 unspecified atom stereocenters. The molecule has 0 aromatic carbocycles. The van der Waals surface area contributed by atoms with E-state index in [1.807, 2.05) is 20.8 Å². The molecule has 1 radical (unpaired) electrons. The van der Waals surface area contributed by atoms with E-state index in [1.54, 1.807) is 0 Å². The molecule has 0 atom stereocenters. The molecule has 0 aliphatic rings. The van der Waals surface area contributed by atoms with Gasteiger partial charge in [0.2, 0.25) is 5.91 Å². The summed E-state index contributed by atoms with van der Waals surface area (Å²) in [5, 5.41) is 3.04. The molecule has 0 bridgehead atoms. The van der Waals surface area contributed by atoms with Crippen LogP contribution < -0.4 is 5.32 Å². The van der Waals surface area contributed by atoms with Gasteiger partial charge >= 0.3 is 0 Å². The second-order valence-electron chi connectivity index (χ2n) is 5.16. The Morgan fingerprint density at radius 1 is 1.07 bits per heavy atom. The molecule has 89 valence electrons. The minimum atomic E-state index is -0.123. The van der Waals surface area contributed by atoms with E-state index in [0.717, 1.165) is 38.0 Å². The van der Waals surface area contributed by atoms with Crippen molar-refractivity contribution >= 4 is 5.91 Å². The summed E-state index contributed by atoms with van der Waals surface area (Å²) in [4.78, 5) is 11.9. The minimum Gasteiger partial charge on any atom is -0.351 e. The summed E-state index contributed by atoms with van der Waals surface area (Å²) < 4.78 is 0. The van der Waals surface area contributed by atoms with Gasteiger partial charge in [0.15, 0.2) is 0 Å². The van der Waals surface area contributed by atoms with Gasteiger partial charge < -0.3 is 5.32 Å². The van der Waals surface area contributed by atoms with Gasteiger partial charge in [-0.3, -0.25) is 4.79 Å². The van der Waals surface area contributed by atoms with E-state index < -0.39 is 0 Å². The Kier molecular flexibility index (Phi) is 6.62. The molecule has 1 amide bonds. The molecule has 0 rings (SSSR count). The summed E-state index contributed by atoms with van der Waals surface area (Å²) in [7, 11) is 0. The van der Waals surface area contributed by atoms with Gasteiger partial charge in [-0.05, 0) is 33.6 Å². The van der Waals surface area contributed by atoms with Gasteiger partial charge in [0.05, 0.1) is 5.92 Å². The zero-order valence-electron chi connectivity index (χ0n) is 10.9. The lowest BCUT2D eigenvalue weighted by molar-refractivity contribution is -0.121. The van der Waals surface area contributed by atoms with E-state index >= 15 is 0 Å². The number of carbonyl (C=O) groups is 1. The fourth-order valence-corrected chi connectivity index (χ4v) is 1.47. The van der Waals surface area contributed by atoms with Crippen LogP contribution in [0.5, 0.6) is 0 Å². The van der Waals surface area contributed by atoms with Gasteiger partial charge in [-0.15, -0.1) is 0 Å². The van der Waals surface area contributed by atoms with Crippen molar-refractivity contribution in [3.05, 3.63) is 5.92 Å². The minimum absolute atomic E-state index is 0.123. The monoisotopic (exact) mass is 212 g/mol. The van der Waals surface area contributed by atoms with Gasteiger partial charge in [-0.25, -0.2) is 0 Å². The second-order valence-corrected chi connectivity index (χ2v) is 5.16. The number of hydrogen-bond donors (Lipinski definition) is 1. The smallest absolute Gasteiger partial charge is 0.227 e. The highest BCUT2D eigenvalue weighted by atomic mass is 16.2. The first kappa shape index (κ1) is 14.5. The number of hydrogen-bond acceptors (Lipinski definition) is 1. The quantitative estimate of drug-likeness (QED) is 0.717. The maximum Gasteiger partial charge on any atom is 0.227 e. The Morgan fingerprint density at radius 2 is 1.67 bits per heavy atom. The van der Waals surface area contributed by atoms with Gasteiger partial charge in [-0.2, -0.15) is 0 Å². The molecule has 0 aliphatic carbocycles. The molecule has 0 saturated heterocycles. The van der Waals surface area contributed by atoms with Crippen molar-refractivity contribution in [2.75, 3.05) is 0 Å². The first-order valence-electron chi connectivity index (χ1n) is 6.08. The normalized spacial score (nSPS) is 11.9. The van der Waals surface area contributed by atoms with Gasteiger partial charge in [0.25, 0.3) is 0 Å². The molecule has 2 heteroatoms. The molecule has 0 heterocycles. The predicted molar refractivity (Wildman–Crippen MR) is 65.6 cm³/mol. The zero-order chi connectivity index (χ0) is 11.9. The lowest BCUT2D eigenvalue weighted by atomic mass is 9.95. The molecule has 0 aromatic heterocycles. The molecular weight excluding hydrogens is 186 g/mol. The fourth-order valence-electron chi connectivity index (χ4n) is 1.47. The first-order chi connectivity index (χ1) is 6.90. The zero-order valence-corrected chi connectivity index (χ0v) is 10.9. The summed E-state index contributed by atoms with van der Waals surface area (Å²) in [6.07, 6.45) is 5.20. The third-order valence-electron chi connectivity index (χ3n) is 2.19. The SMILES string of the molecule is CCCC[C](CCC)C(=O)NC(C)(C)C. The van der Waals surface area contributed by atoms with Crippen LogP contribution >= 0.6 is 0 Å². The van der Waals surface area contributed by atoms with Crippen molar-refractivity contribution in [1.29, 1.82) is 0 Å². The van der Waals surface area contributed by atoms with E-state index in [9.17, 15) is 4.79 Å². The van der Waals surface area contributed by atoms with E-state index in [4.69, 9.17) is 0 Å². The molecule has 2 nitrogen and oxygen atoms in total. The molecule has 15 heavy (non-hydrogen) atoms. The molecule has 0 aliphatic heterocycles. The predicted octanol–water partition coefficient (Wildman–Crippen LogP) is 3.47. The number of nitrogens with one attached hydrogen (secondary N) is 1. The lowest BCUT2D eigenvalue weighted by Crippen LogP contribution is -2.43. The summed E-state index contributed by atoms with van der Waals surface area (Å²) in [6.45, 7) is 10.3. The maximum atomic E-state index is 11.9. The van der Waals surface area contributed by atoms with Crippen molar-refractivity contribution in [2.24, 2.45) is 0 Å². The van der Waals surface area contributed by atoms with E-state index in [2.05, 4.69) is 19.2 Å². The van der Waals surface area contributed by atoms with Gasteiger partial charge in [0, 0.05) is 5.54 Å². The van der Waals surface area contributed by atoms with Crippen LogP contribution in [0.25, 0.3) is 0 Å². The molecule has 0 saturated carbocycles. The third kappa shape index (κ3) is 7.40. The van der Waals surface area contributed by atoms with Crippen molar-refractivity contribution in [1.82, 2.24) is 5.32 Å². The van der Waals surface area contributed by atoms with Crippen molar-refractivity contribution < 1.29 is 4.79 Å². The maximum absolute atomic E-state index is 11.9. The fraction of sp³-hybridized carbons (Fsp3) is 0.846. The topological polar surface area (TPSA) is 29.1 Å². The van der Waals surface area contributed by atoms with Crippen LogP contribution in [0.15, 0.2) is 0 Å². The third-order valence-corrected chi connectivity index (χ3v) is 2.19. The lowest BCUT2D eigenvalue weighted by Gasteiger charge is -2.24. The molecular formula is C13H26NO. The van der Waals surface area contributed by atoms with Crippen LogP contribution in [0.1, 0.15) is 66.7 Å². The summed E-state index contributed by atoms with van der Waals surface area (Å²) in [5.74, 6) is 1.21. The molecule has 0 spiro atoms. The summed E-state index contributed by atoms with van der Waals surface area (Å²) in [6, 6.07) is 0. The van der Waals surface area contributed by atoms with Crippen LogP contribution in [0.2, 0.25) is 0 Å². The van der Waals surface area contributed by atoms with Crippen molar-refractivity contribution in [3.8, 4) is 0 Å². The Morgan fingerprint density at radius 3 is 2.07 bits per heavy atom. The van der Waals surface area contributed by atoms with Gasteiger partial charge in [0.1, 0.15) is 0 Å². The Labute approximate surface area is 94.8 Å². The Hall–Kier alpha value is -0.530. The van der Waals surface area contributed by atoms with Crippen LogP contribution in [0, 0.1) is 5.92 Å². The van der Waals surface area contributed by atoms with Crippen LogP contribution in [0.3, 0.4) is 0 Å². The largest absolute Gasteiger partial charge is 0.351 e. The molecule has 1 N–H and O–H groups in total. The number of rotatable bonds is 6. The Bertz CT molecular complexity index is 181. The first-order valence-corrected chi connectivity index (χ1v) is 6.08. The average Bonchev–Trinajstić information content (AvgIpc) is 2.09. The highest BCUT2D eigenvalue weighted by Crippen LogP contribution is 2.18. The van der Waals surface area contributed by atoms with E-state index in [1.165, 1.54) is 0 Å². The standard InChI is InChI=1S/C13H26NO/c1-6-8-10-11(9-7-2)12(15)14-13(3,4)5/h6-10H2,1-5H3,(H,14,15).